The van der Waals surface area contributed by atoms with Crippen molar-refractivity contribution in [1.82, 2.24) is 24.9 Å². The number of nitrogens with one attached hydrogen (secondary N) is 2. The summed E-state index contributed by atoms with van der Waals surface area (Å²) in [4.78, 5) is 33.3. The Morgan fingerprint density at radius 2 is 2.00 bits per heavy atom. The predicted molar refractivity (Wildman–Crippen MR) is 95.8 cm³/mol. The molecule has 26 heavy (non-hydrogen) atoms. The van der Waals surface area contributed by atoms with Gasteiger partial charge >= 0.3 is 0 Å². The van der Waals surface area contributed by atoms with Gasteiger partial charge < -0.3 is 10.4 Å². The van der Waals surface area contributed by atoms with Gasteiger partial charge in [-0.3, -0.25) is 14.7 Å². The number of carbonyl (C=O) groups excluding carboxylic acids is 1. The summed E-state index contributed by atoms with van der Waals surface area (Å²) >= 11 is 0. The molecule has 0 aliphatic rings. The third-order valence-corrected chi connectivity index (χ3v) is 4.23. The molecule has 0 saturated heterocycles. The summed E-state index contributed by atoms with van der Waals surface area (Å²) in [6.07, 6.45) is 0.387. The van der Waals surface area contributed by atoms with Gasteiger partial charge in [-0.05, 0) is 25.8 Å². The van der Waals surface area contributed by atoms with E-state index in [0.29, 0.717) is 22.9 Å². The molecule has 0 spiro atoms. The molecule has 3 rings (SSSR count). The van der Waals surface area contributed by atoms with Gasteiger partial charge in [0.15, 0.2) is 0 Å². The minimum Gasteiger partial charge on any atom is -0.394 e. The first-order chi connectivity index (χ1) is 12.5. The van der Waals surface area contributed by atoms with Crippen molar-refractivity contribution in [2.75, 3.05) is 6.61 Å². The summed E-state index contributed by atoms with van der Waals surface area (Å²) in [5, 5.41) is 15.2. The Bertz CT molecular complexity index is 978. The molecule has 1 amide bonds. The number of carbonyl (C=O) groups is 1. The number of benzene rings is 1. The Kier molecular flexibility index (Phi) is 5.13. The number of hydrogen-bond acceptors (Lipinski definition) is 5. The van der Waals surface area contributed by atoms with E-state index in [4.69, 9.17) is 0 Å². The van der Waals surface area contributed by atoms with E-state index in [1.54, 1.807) is 13.8 Å². The van der Waals surface area contributed by atoms with Crippen molar-refractivity contribution >= 4 is 11.7 Å². The summed E-state index contributed by atoms with van der Waals surface area (Å²) in [5.41, 5.74) is 1.62. The molecule has 136 valence electrons. The molecule has 0 saturated carbocycles. The smallest absolute Gasteiger partial charge is 0.277 e. The Morgan fingerprint density at radius 1 is 1.27 bits per heavy atom. The number of H-pyrrole nitrogens is 1. The van der Waals surface area contributed by atoms with Crippen LogP contribution in [0, 0.1) is 13.8 Å². The molecule has 2 aromatic heterocycles. The number of aromatic nitrogens is 4. The lowest BCUT2D eigenvalue weighted by Gasteiger charge is -2.16. The number of aryl methyl sites for hydroxylation is 2. The largest absolute Gasteiger partial charge is 0.394 e. The zero-order chi connectivity index (χ0) is 18.7. The zero-order valence-corrected chi connectivity index (χ0v) is 14.7. The van der Waals surface area contributed by atoms with Crippen LogP contribution in [0.15, 0.2) is 35.1 Å². The van der Waals surface area contributed by atoms with Crippen molar-refractivity contribution in [3.05, 3.63) is 63.3 Å². The molecular weight excluding hydrogens is 334 g/mol. The Morgan fingerprint density at radius 3 is 2.69 bits per heavy atom. The molecule has 3 aromatic rings. The average molecular weight is 355 g/mol. The van der Waals surface area contributed by atoms with Crippen LogP contribution < -0.4 is 10.9 Å². The van der Waals surface area contributed by atoms with E-state index in [9.17, 15) is 14.7 Å². The average Bonchev–Trinajstić information content (AvgIpc) is 3.00. The minimum absolute atomic E-state index is 0.125. The number of hydrogen-bond donors (Lipinski definition) is 3. The molecule has 0 aliphatic carbocycles. The van der Waals surface area contributed by atoms with Gasteiger partial charge in [-0.15, -0.1) is 0 Å². The van der Waals surface area contributed by atoms with E-state index < -0.39 is 6.04 Å². The highest BCUT2D eigenvalue weighted by atomic mass is 16.3. The van der Waals surface area contributed by atoms with E-state index in [2.05, 4.69) is 20.4 Å². The Labute approximate surface area is 149 Å². The van der Waals surface area contributed by atoms with Gasteiger partial charge in [-0.25, -0.2) is 4.98 Å². The quantitative estimate of drug-likeness (QED) is 0.606. The maximum Gasteiger partial charge on any atom is 0.277 e. The molecule has 0 bridgehead atoms. The van der Waals surface area contributed by atoms with E-state index >= 15 is 0 Å². The van der Waals surface area contributed by atoms with Crippen LogP contribution in [0.25, 0.3) is 5.78 Å². The van der Waals surface area contributed by atoms with Crippen LogP contribution in [0.2, 0.25) is 0 Å². The summed E-state index contributed by atoms with van der Waals surface area (Å²) in [5.74, 6) is 0.678. The second-order valence-electron chi connectivity index (χ2n) is 6.14. The summed E-state index contributed by atoms with van der Waals surface area (Å²) in [6.45, 7) is 3.28. The Hall–Kier alpha value is -3.00. The third kappa shape index (κ3) is 3.65. The molecule has 1 atom stereocenters. The molecule has 0 radical (unpaired) electrons. The second-order valence-corrected chi connectivity index (χ2v) is 6.14. The van der Waals surface area contributed by atoms with Crippen molar-refractivity contribution in [3.8, 4) is 0 Å². The molecule has 0 unspecified atom stereocenters. The van der Waals surface area contributed by atoms with Gasteiger partial charge in [-0.1, -0.05) is 30.3 Å². The van der Waals surface area contributed by atoms with Crippen LogP contribution in [0.1, 0.15) is 35.1 Å². The first kappa shape index (κ1) is 17.8. The third-order valence-electron chi connectivity index (χ3n) is 4.23. The fourth-order valence-corrected chi connectivity index (χ4v) is 2.87. The first-order valence-electron chi connectivity index (χ1n) is 8.39. The van der Waals surface area contributed by atoms with Crippen molar-refractivity contribution in [2.24, 2.45) is 0 Å². The number of fused-ring (bicyclic) bond motifs is 1. The van der Waals surface area contributed by atoms with Gasteiger partial charge in [0.05, 0.1) is 18.3 Å². The van der Waals surface area contributed by atoms with Gasteiger partial charge in [0.2, 0.25) is 5.91 Å². The monoisotopic (exact) mass is 355 g/mol. The topological polar surface area (TPSA) is 112 Å². The minimum atomic E-state index is -0.471. The molecule has 0 aliphatic heterocycles. The highest BCUT2D eigenvalue weighted by Gasteiger charge is 2.16. The number of aliphatic hydroxyl groups excluding tert-OH is 1. The molecule has 1 aromatic carbocycles. The molecule has 8 nitrogen and oxygen atoms in total. The van der Waals surface area contributed by atoms with Gasteiger partial charge in [0.1, 0.15) is 5.82 Å². The summed E-state index contributed by atoms with van der Waals surface area (Å²) in [7, 11) is 0. The molecule has 3 N–H and O–H groups in total. The van der Waals surface area contributed by atoms with E-state index in [1.807, 2.05) is 30.3 Å². The molecular formula is C18H21N5O3. The van der Waals surface area contributed by atoms with Crippen molar-refractivity contribution in [3.63, 3.8) is 0 Å². The number of aromatic amines is 1. The number of rotatable bonds is 6. The lowest BCUT2D eigenvalue weighted by atomic mass is 10.1. The van der Waals surface area contributed by atoms with Crippen LogP contribution >= 0.6 is 0 Å². The molecule has 2 heterocycles. The Balaban J connectivity index is 1.71. The second kappa shape index (κ2) is 7.49. The lowest BCUT2D eigenvalue weighted by molar-refractivity contribution is -0.122. The summed E-state index contributed by atoms with van der Waals surface area (Å²) < 4.78 is 1.29. The number of nitrogens with zero attached hydrogens (tertiary/aromatic N) is 3. The van der Waals surface area contributed by atoms with Crippen LogP contribution in [0.5, 0.6) is 0 Å². The summed E-state index contributed by atoms with van der Waals surface area (Å²) in [6, 6.07) is 8.79. The fourth-order valence-electron chi connectivity index (χ4n) is 2.87. The highest BCUT2D eigenvalue weighted by molar-refractivity contribution is 5.76. The van der Waals surface area contributed by atoms with Gasteiger partial charge in [-0.2, -0.15) is 9.50 Å². The van der Waals surface area contributed by atoms with Gasteiger partial charge in [0, 0.05) is 12.0 Å². The maximum atomic E-state index is 12.6. The fraction of sp³-hybridized carbons (Fsp3) is 0.333. The SMILES string of the molecule is Cc1nc2nc(C)c(CCC(=O)N[C@@H](CO)c3ccccc3)c(=O)n2[nH]1. The standard InChI is InChI=1S/C18H21N5O3/c1-11-14(17(26)23-18(19-11)20-12(2)22-23)8-9-16(25)21-15(10-24)13-6-4-3-5-7-13/h3-7,15,24H,8-10H2,1-2H3,(H,21,25)(H,19,20,22)/t15-/m0/s1. The first-order valence-corrected chi connectivity index (χ1v) is 8.39. The van der Waals surface area contributed by atoms with Crippen LogP contribution in [-0.2, 0) is 11.2 Å². The van der Waals surface area contributed by atoms with Crippen LogP contribution in [-0.4, -0.2) is 37.2 Å². The highest BCUT2D eigenvalue weighted by Crippen LogP contribution is 2.12. The van der Waals surface area contributed by atoms with Crippen LogP contribution in [0.3, 0.4) is 0 Å². The normalized spacial score (nSPS) is 12.3. The number of aliphatic hydroxyl groups is 1. The van der Waals surface area contributed by atoms with Crippen molar-refractivity contribution < 1.29 is 9.90 Å². The molecule has 0 fully saturated rings. The molecule has 8 heteroatoms. The van der Waals surface area contributed by atoms with Crippen molar-refractivity contribution in [1.29, 1.82) is 0 Å². The maximum absolute atomic E-state index is 12.6. The number of amides is 1. The zero-order valence-electron chi connectivity index (χ0n) is 14.7. The van der Waals surface area contributed by atoms with Gasteiger partial charge in [0.25, 0.3) is 11.3 Å². The lowest BCUT2D eigenvalue weighted by Crippen LogP contribution is -2.31. The predicted octanol–water partition coefficient (Wildman–Crippen LogP) is 0.817. The van der Waals surface area contributed by atoms with E-state index in [-0.39, 0.29) is 30.9 Å². The van der Waals surface area contributed by atoms with Crippen molar-refractivity contribution in [2.45, 2.75) is 32.7 Å². The van der Waals surface area contributed by atoms with E-state index in [0.717, 1.165) is 5.56 Å². The van der Waals surface area contributed by atoms with Crippen LogP contribution in [0.4, 0.5) is 0 Å². The van der Waals surface area contributed by atoms with E-state index in [1.165, 1.54) is 4.52 Å².